The molecule has 1 aromatic carbocycles. The molecule has 1 aromatic rings. The molecular formula is C18H29FN2. The van der Waals surface area contributed by atoms with E-state index in [0.29, 0.717) is 12.0 Å². The van der Waals surface area contributed by atoms with Gasteiger partial charge in [0.05, 0.1) is 0 Å². The molecule has 0 aromatic heterocycles. The molecule has 21 heavy (non-hydrogen) atoms. The van der Waals surface area contributed by atoms with Crippen molar-refractivity contribution in [2.75, 3.05) is 19.6 Å². The van der Waals surface area contributed by atoms with Crippen LogP contribution in [0.1, 0.15) is 51.6 Å². The Kier molecular flexibility index (Phi) is 6.19. The van der Waals surface area contributed by atoms with Crippen LogP contribution in [0.4, 0.5) is 4.39 Å². The van der Waals surface area contributed by atoms with Gasteiger partial charge in [0, 0.05) is 24.2 Å². The van der Waals surface area contributed by atoms with Crippen molar-refractivity contribution >= 4 is 0 Å². The van der Waals surface area contributed by atoms with E-state index in [1.54, 1.807) is 12.1 Å². The molecule has 118 valence electrons. The maximum absolute atomic E-state index is 14.1. The van der Waals surface area contributed by atoms with Crippen LogP contribution in [0.15, 0.2) is 24.3 Å². The quantitative estimate of drug-likeness (QED) is 0.817. The summed E-state index contributed by atoms with van der Waals surface area (Å²) >= 11 is 0. The maximum atomic E-state index is 14.1. The van der Waals surface area contributed by atoms with E-state index in [2.05, 4.69) is 31.0 Å². The molecule has 0 aliphatic carbocycles. The van der Waals surface area contributed by atoms with Gasteiger partial charge in [0.1, 0.15) is 5.82 Å². The van der Waals surface area contributed by atoms with Crippen molar-refractivity contribution in [1.29, 1.82) is 0 Å². The largest absolute Gasteiger partial charge is 0.309 e. The normalized spacial score (nSPS) is 21.1. The van der Waals surface area contributed by atoms with Gasteiger partial charge in [-0.05, 0) is 44.3 Å². The van der Waals surface area contributed by atoms with E-state index in [9.17, 15) is 4.39 Å². The van der Waals surface area contributed by atoms with Crippen molar-refractivity contribution in [3.05, 3.63) is 35.6 Å². The summed E-state index contributed by atoms with van der Waals surface area (Å²) < 4.78 is 14.1. The van der Waals surface area contributed by atoms with Crippen LogP contribution in [0.3, 0.4) is 0 Å². The molecule has 1 heterocycles. The fourth-order valence-corrected chi connectivity index (χ4v) is 3.42. The summed E-state index contributed by atoms with van der Waals surface area (Å²) in [6.07, 6.45) is 3.61. The summed E-state index contributed by atoms with van der Waals surface area (Å²) in [5.74, 6) is 0.575. The molecule has 2 atom stereocenters. The molecule has 2 rings (SSSR count). The third-order valence-corrected chi connectivity index (χ3v) is 4.52. The molecular weight excluding hydrogens is 263 g/mol. The zero-order valence-electron chi connectivity index (χ0n) is 13.6. The fourth-order valence-electron chi connectivity index (χ4n) is 3.42. The highest BCUT2D eigenvalue weighted by molar-refractivity contribution is 5.21. The number of rotatable bonds is 7. The zero-order valence-corrected chi connectivity index (χ0v) is 13.6. The first kappa shape index (κ1) is 16.4. The Labute approximate surface area is 128 Å². The summed E-state index contributed by atoms with van der Waals surface area (Å²) in [4.78, 5) is 2.55. The van der Waals surface area contributed by atoms with E-state index in [1.807, 2.05) is 12.1 Å². The second-order valence-corrected chi connectivity index (χ2v) is 6.48. The van der Waals surface area contributed by atoms with Crippen LogP contribution in [0.5, 0.6) is 0 Å². The van der Waals surface area contributed by atoms with Crippen molar-refractivity contribution in [3.8, 4) is 0 Å². The molecule has 2 nitrogen and oxygen atoms in total. The summed E-state index contributed by atoms with van der Waals surface area (Å²) in [6, 6.07) is 7.92. The van der Waals surface area contributed by atoms with E-state index in [4.69, 9.17) is 0 Å². The number of hydrogen-bond donors (Lipinski definition) is 1. The van der Waals surface area contributed by atoms with Gasteiger partial charge in [-0.2, -0.15) is 0 Å². The SMILES string of the molecule is CCCNC(CN1CCCC1C(C)C)c1ccccc1F. The number of nitrogens with one attached hydrogen (secondary N) is 1. The van der Waals surface area contributed by atoms with Crippen LogP contribution in [-0.4, -0.2) is 30.6 Å². The molecule has 2 unspecified atom stereocenters. The second-order valence-electron chi connectivity index (χ2n) is 6.48. The van der Waals surface area contributed by atoms with Crippen molar-refractivity contribution in [1.82, 2.24) is 10.2 Å². The Bertz CT molecular complexity index is 433. The van der Waals surface area contributed by atoms with Crippen LogP contribution < -0.4 is 5.32 Å². The monoisotopic (exact) mass is 292 g/mol. The van der Waals surface area contributed by atoms with Gasteiger partial charge in [-0.3, -0.25) is 4.90 Å². The van der Waals surface area contributed by atoms with E-state index < -0.39 is 0 Å². The molecule has 0 saturated carbocycles. The highest BCUT2D eigenvalue weighted by Crippen LogP contribution is 2.27. The summed E-state index contributed by atoms with van der Waals surface area (Å²) in [5.41, 5.74) is 0.806. The maximum Gasteiger partial charge on any atom is 0.128 e. The van der Waals surface area contributed by atoms with Gasteiger partial charge in [0.15, 0.2) is 0 Å². The minimum absolute atomic E-state index is 0.0884. The summed E-state index contributed by atoms with van der Waals surface area (Å²) in [5, 5.41) is 3.53. The smallest absolute Gasteiger partial charge is 0.128 e. The van der Waals surface area contributed by atoms with Crippen LogP contribution in [-0.2, 0) is 0 Å². The van der Waals surface area contributed by atoms with Gasteiger partial charge in [-0.25, -0.2) is 4.39 Å². The Hall–Kier alpha value is -0.930. The zero-order chi connectivity index (χ0) is 15.2. The molecule has 0 radical (unpaired) electrons. The molecule has 0 spiro atoms. The molecule has 1 aliphatic rings. The number of nitrogens with zero attached hydrogens (tertiary/aromatic N) is 1. The minimum Gasteiger partial charge on any atom is -0.309 e. The molecule has 3 heteroatoms. The highest BCUT2D eigenvalue weighted by Gasteiger charge is 2.29. The predicted molar refractivity (Wildman–Crippen MR) is 86.9 cm³/mol. The number of hydrogen-bond acceptors (Lipinski definition) is 2. The average Bonchev–Trinajstić information content (AvgIpc) is 2.92. The van der Waals surface area contributed by atoms with Gasteiger partial charge in [-0.15, -0.1) is 0 Å². The van der Waals surface area contributed by atoms with Crippen molar-refractivity contribution < 1.29 is 4.39 Å². The van der Waals surface area contributed by atoms with E-state index in [0.717, 1.165) is 31.6 Å². The number of halogens is 1. The van der Waals surface area contributed by atoms with Crippen LogP contribution in [0, 0.1) is 11.7 Å². The number of benzene rings is 1. The molecule has 1 aliphatic heterocycles. The van der Waals surface area contributed by atoms with Gasteiger partial charge in [-0.1, -0.05) is 39.0 Å². The predicted octanol–water partition coefficient (Wildman–Crippen LogP) is 3.99. The van der Waals surface area contributed by atoms with Gasteiger partial charge >= 0.3 is 0 Å². The van der Waals surface area contributed by atoms with Gasteiger partial charge in [0.25, 0.3) is 0 Å². The number of likely N-dealkylation sites (tertiary alicyclic amines) is 1. The van der Waals surface area contributed by atoms with Crippen LogP contribution in [0.25, 0.3) is 0 Å². The summed E-state index contributed by atoms with van der Waals surface area (Å²) in [7, 11) is 0. The molecule has 0 amide bonds. The first-order valence-corrected chi connectivity index (χ1v) is 8.35. The molecule has 1 fully saturated rings. The van der Waals surface area contributed by atoms with E-state index in [1.165, 1.54) is 12.8 Å². The fraction of sp³-hybridized carbons (Fsp3) is 0.667. The molecule has 1 N–H and O–H groups in total. The Balaban J connectivity index is 2.11. The first-order chi connectivity index (χ1) is 10.1. The molecule has 0 bridgehead atoms. The lowest BCUT2D eigenvalue weighted by molar-refractivity contribution is 0.185. The lowest BCUT2D eigenvalue weighted by atomic mass is 10.00. The standard InChI is InChI=1S/C18H29FN2/c1-4-11-20-17(15-8-5-6-9-16(15)19)13-21-12-7-10-18(21)14(2)3/h5-6,8-9,14,17-18,20H,4,7,10-13H2,1-3H3. The van der Waals surface area contributed by atoms with Crippen molar-refractivity contribution in [2.45, 2.75) is 52.1 Å². The Morgan fingerprint density at radius 1 is 1.33 bits per heavy atom. The van der Waals surface area contributed by atoms with Crippen LogP contribution in [0.2, 0.25) is 0 Å². The first-order valence-electron chi connectivity index (χ1n) is 8.35. The second kappa shape index (κ2) is 7.90. The summed E-state index contributed by atoms with van der Waals surface area (Å²) in [6.45, 7) is 9.71. The third kappa shape index (κ3) is 4.27. The Morgan fingerprint density at radius 2 is 2.10 bits per heavy atom. The van der Waals surface area contributed by atoms with E-state index in [-0.39, 0.29) is 11.9 Å². The lowest BCUT2D eigenvalue weighted by Gasteiger charge is -2.32. The van der Waals surface area contributed by atoms with Crippen LogP contribution >= 0.6 is 0 Å². The van der Waals surface area contributed by atoms with E-state index >= 15 is 0 Å². The van der Waals surface area contributed by atoms with Gasteiger partial charge in [0.2, 0.25) is 0 Å². The minimum atomic E-state index is -0.0913. The molecule has 1 saturated heterocycles. The average molecular weight is 292 g/mol. The lowest BCUT2D eigenvalue weighted by Crippen LogP contribution is -2.40. The van der Waals surface area contributed by atoms with Gasteiger partial charge < -0.3 is 5.32 Å². The van der Waals surface area contributed by atoms with Crippen molar-refractivity contribution in [2.24, 2.45) is 5.92 Å². The third-order valence-electron chi connectivity index (χ3n) is 4.52. The van der Waals surface area contributed by atoms with Crippen molar-refractivity contribution in [3.63, 3.8) is 0 Å². The highest BCUT2D eigenvalue weighted by atomic mass is 19.1. The Morgan fingerprint density at radius 3 is 2.76 bits per heavy atom. The topological polar surface area (TPSA) is 15.3 Å².